The standard InChI is InChI=1S/C33H39N3O4S3/c1-7-26(29(38)36-30-28(31(39)40-6)25-16-13-21(33(3,4)5)17-27(25)43-30)42-24-10-8-9-23(18-24)35-32(41)34-22-14-11-20(12-15-22)19(2)37/h8-12,14-15,18,21,26H,7,13,16-17H2,1-6H3,(H,36,38)(H2,34,35,41). The summed E-state index contributed by atoms with van der Waals surface area (Å²) in [4.78, 5) is 40.0. The molecule has 0 saturated heterocycles. The second-order valence-corrected chi connectivity index (χ2v) is 14.5. The van der Waals surface area contributed by atoms with Crippen molar-refractivity contribution in [3.63, 3.8) is 0 Å². The molecule has 2 unspecified atom stereocenters. The van der Waals surface area contributed by atoms with E-state index in [1.165, 1.54) is 42.0 Å². The van der Waals surface area contributed by atoms with E-state index in [0.717, 1.165) is 41.1 Å². The molecule has 3 aromatic rings. The zero-order valence-electron chi connectivity index (χ0n) is 25.5. The minimum Gasteiger partial charge on any atom is -0.465 e. The minimum absolute atomic E-state index is 0.00767. The molecule has 228 valence electrons. The molecule has 1 heterocycles. The summed E-state index contributed by atoms with van der Waals surface area (Å²) in [7, 11) is 1.38. The first-order chi connectivity index (χ1) is 20.4. The minimum atomic E-state index is -0.402. The van der Waals surface area contributed by atoms with Crippen LogP contribution in [0.1, 0.15) is 78.6 Å². The van der Waals surface area contributed by atoms with Crippen LogP contribution in [0.25, 0.3) is 0 Å². The molecule has 1 aromatic heterocycles. The van der Waals surface area contributed by atoms with E-state index < -0.39 is 5.97 Å². The van der Waals surface area contributed by atoms with Crippen molar-refractivity contribution in [2.24, 2.45) is 11.3 Å². The van der Waals surface area contributed by atoms with E-state index in [-0.39, 0.29) is 22.4 Å². The third-order valence-corrected chi connectivity index (χ3v) is 10.4. The quantitative estimate of drug-likeness (QED) is 0.0935. The number of hydrogen-bond acceptors (Lipinski definition) is 7. The number of fused-ring (bicyclic) bond motifs is 1. The zero-order chi connectivity index (χ0) is 31.3. The first kappa shape index (κ1) is 32.7. The van der Waals surface area contributed by atoms with Crippen molar-refractivity contribution in [2.45, 2.75) is 70.4 Å². The number of methoxy groups -OCH3 is 1. The molecule has 3 N–H and O–H groups in total. The van der Waals surface area contributed by atoms with E-state index in [0.29, 0.717) is 33.6 Å². The molecular formula is C33H39N3O4S3. The van der Waals surface area contributed by atoms with Crippen molar-refractivity contribution in [1.29, 1.82) is 0 Å². The molecule has 1 aliphatic carbocycles. The Balaban J connectivity index is 1.44. The number of nitrogens with one attached hydrogen (secondary N) is 3. The van der Waals surface area contributed by atoms with Gasteiger partial charge < -0.3 is 20.7 Å². The number of thiophene rings is 1. The van der Waals surface area contributed by atoms with E-state index >= 15 is 0 Å². The number of carbonyl (C=O) groups excluding carboxylic acids is 3. The van der Waals surface area contributed by atoms with E-state index in [4.69, 9.17) is 17.0 Å². The van der Waals surface area contributed by atoms with Crippen LogP contribution < -0.4 is 16.0 Å². The molecule has 1 amide bonds. The number of anilines is 3. The Hall–Kier alpha value is -3.21. The van der Waals surface area contributed by atoms with Crippen molar-refractivity contribution < 1.29 is 19.1 Å². The molecule has 2 aromatic carbocycles. The Morgan fingerprint density at radius 1 is 1.07 bits per heavy atom. The number of thiocarbonyl (C=S) groups is 1. The van der Waals surface area contributed by atoms with Crippen LogP contribution in [0.3, 0.4) is 0 Å². The number of ketones is 1. The van der Waals surface area contributed by atoms with Crippen molar-refractivity contribution in [1.82, 2.24) is 0 Å². The number of Topliss-reactive ketones (excluding diaryl/α,β-unsaturated/α-hetero) is 1. The van der Waals surface area contributed by atoms with E-state index in [2.05, 4.69) is 36.7 Å². The zero-order valence-corrected chi connectivity index (χ0v) is 27.9. The van der Waals surface area contributed by atoms with Crippen LogP contribution in [0.2, 0.25) is 0 Å². The van der Waals surface area contributed by atoms with Gasteiger partial charge in [-0.05, 0) is 104 Å². The molecule has 0 fully saturated rings. The van der Waals surface area contributed by atoms with Gasteiger partial charge in [0.25, 0.3) is 0 Å². The number of hydrogen-bond donors (Lipinski definition) is 3. The summed E-state index contributed by atoms with van der Waals surface area (Å²) in [5.74, 6) is -0.0229. The van der Waals surface area contributed by atoms with Gasteiger partial charge in [0.2, 0.25) is 5.91 Å². The summed E-state index contributed by atoms with van der Waals surface area (Å²) in [6, 6.07) is 14.8. The van der Waals surface area contributed by atoms with Gasteiger partial charge in [0.05, 0.1) is 17.9 Å². The highest BCUT2D eigenvalue weighted by atomic mass is 32.2. The largest absolute Gasteiger partial charge is 0.465 e. The second-order valence-electron chi connectivity index (χ2n) is 11.7. The highest BCUT2D eigenvalue weighted by Gasteiger charge is 2.35. The molecule has 0 saturated carbocycles. The predicted octanol–water partition coefficient (Wildman–Crippen LogP) is 8.21. The highest BCUT2D eigenvalue weighted by molar-refractivity contribution is 8.00. The number of carbonyl (C=O) groups is 3. The summed E-state index contributed by atoms with van der Waals surface area (Å²) in [6.07, 6.45) is 3.32. The summed E-state index contributed by atoms with van der Waals surface area (Å²) < 4.78 is 5.13. The van der Waals surface area contributed by atoms with Crippen molar-refractivity contribution >= 4 is 74.5 Å². The summed E-state index contributed by atoms with van der Waals surface area (Å²) >= 11 is 8.46. The molecule has 0 aliphatic heterocycles. The lowest BCUT2D eigenvalue weighted by atomic mass is 9.72. The molecule has 10 heteroatoms. The number of esters is 1. The Kier molecular flexibility index (Phi) is 10.7. The fourth-order valence-electron chi connectivity index (χ4n) is 5.14. The topological polar surface area (TPSA) is 96.5 Å². The Labute approximate surface area is 267 Å². The summed E-state index contributed by atoms with van der Waals surface area (Å²) in [5.41, 5.74) is 3.89. The summed E-state index contributed by atoms with van der Waals surface area (Å²) in [5, 5.41) is 10.0. The number of rotatable bonds is 9. The molecule has 0 radical (unpaired) electrons. The maximum absolute atomic E-state index is 13.5. The third-order valence-electron chi connectivity index (χ3n) is 7.70. The molecule has 0 bridgehead atoms. The molecule has 4 rings (SSSR count). The Bertz CT molecular complexity index is 1510. The van der Waals surface area contributed by atoms with Gasteiger partial charge in [-0.2, -0.15) is 0 Å². The monoisotopic (exact) mass is 637 g/mol. The van der Waals surface area contributed by atoms with Crippen LogP contribution in [-0.2, 0) is 22.4 Å². The van der Waals surface area contributed by atoms with Crippen molar-refractivity contribution in [3.8, 4) is 0 Å². The number of thioether (sulfide) groups is 1. The van der Waals surface area contributed by atoms with Gasteiger partial charge in [0.1, 0.15) is 5.00 Å². The van der Waals surface area contributed by atoms with Gasteiger partial charge in [-0.15, -0.1) is 23.1 Å². The number of benzene rings is 2. The Morgan fingerprint density at radius 2 is 1.77 bits per heavy atom. The first-order valence-electron chi connectivity index (χ1n) is 14.4. The van der Waals surface area contributed by atoms with Crippen molar-refractivity contribution in [2.75, 3.05) is 23.1 Å². The Morgan fingerprint density at radius 3 is 2.40 bits per heavy atom. The van der Waals surface area contributed by atoms with E-state index in [9.17, 15) is 14.4 Å². The molecule has 0 spiro atoms. The third kappa shape index (κ3) is 8.25. The maximum Gasteiger partial charge on any atom is 0.341 e. The molecule has 2 atom stereocenters. The van der Waals surface area contributed by atoms with Crippen LogP contribution in [0.4, 0.5) is 16.4 Å². The molecular weight excluding hydrogens is 599 g/mol. The SMILES string of the molecule is CCC(Sc1cccc(NC(=S)Nc2ccc(C(C)=O)cc2)c1)C(=O)Nc1sc2c(c1C(=O)OC)CCC(C(C)(C)C)C2. The van der Waals surface area contributed by atoms with Crippen LogP contribution in [0, 0.1) is 11.3 Å². The highest BCUT2D eigenvalue weighted by Crippen LogP contribution is 2.44. The normalized spacial score (nSPS) is 15.2. The van der Waals surface area contributed by atoms with Crippen molar-refractivity contribution in [3.05, 3.63) is 70.1 Å². The lowest BCUT2D eigenvalue weighted by Gasteiger charge is -2.33. The van der Waals surface area contributed by atoms with Crippen LogP contribution in [-0.4, -0.2) is 35.1 Å². The van der Waals surface area contributed by atoms with Crippen LogP contribution in [0.15, 0.2) is 53.4 Å². The van der Waals surface area contributed by atoms with E-state index in [1.807, 2.05) is 31.2 Å². The fraction of sp³-hybridized carbons (Fsp3) is 0.394. The average molecular weight is 638 g/mol. The number of ether oxygens (including phenoxy) is 1. The predicted molar refractivity (Wildman–Crippen MR) is 182 cm³/mol. The average Bonchev–Trinajstić information content (AvgIpc) is 3.32. The molecule has 7 nitrogen and oxygen atoms in total. The van der Waals surface area contributed by atoms with Gasteiger partial charge in [-0.3, -0.25) is 9.59 Å². The second kappa shape index (κ2) is 14.1. The fourth-order valence-corrected chi connectivity index (χ4v) is 7.71. The van der Waals surface area contributed by atoms with Gasteiger partial charge in [0.15, 0.2) is 10.9 Å². The van der Waals surface area contributed by atoms with E-state index in [1.54, 1.807) is 24.3 Å². The lowest BCUT2D eigenvalue weighted by Crippen LogP contribution is -2.27. The van der Waals surface area contributed by atoms with Gasteiger partial charge >= 0.3 is 5.97 Å². The summed E-state index contributed by atoms with van der Waals surface area (Å²) in [6.45, 7) is 10.3. The lowest BCUT2D eigenvalue weighted by molar-refractivity contribution is -0.115. The van der Waals surface area contributed by atoms with Gasteiger partial charge in [0, 0.05) is 26.7 Å². The van der Waals surface area contributed by atoms with Gasteiger partial charge in [-0.25, -0.2) is 4.79 Å². The van der Waals surface area contributed by atoms with Gasteiger partial charge in [-0.1, -0.05) is 33.8 Å². The molecule has 1 aliphatic rings. The van der Waals surface area contributed by atoms with Crippen LogP contribution in [0.5, 0.6) is 0 Å². The first-order valence-corrected chi connectivity index (χ1v) is 16.5. The number of amides is 1. The molecule has 43 heavy (non-hydrogen) atoms. The smallest absolute Gasteiger partial charge is 0.341 e. The van der Waals surface area contributed by atoms with Crippen LogP contribution >= 0.6 is 35.3 Å². The maximum atomic E-state index is 13.5.